The maximum absolute atomic E-state index is 8.35. The van der Waals surface area contributed by atoms with Crippen molar-refractivity contribution in [1.29, 1.82) is 10.8 Å². The summed E-state index contributed by atoms with van der Waals surface area (Å²) in [5, 5.41) is 10.8. The summed E-state index contributed by atoms with van der Waals surface area (Å²) in [6, 6.07) is 10.5. The fraction of sp³-hybridized carbons (Fsp3) is 0.286. The second-order valence-electron chi connectivity index (χ2n) is 3.18. The standard InChI is InChI=1S/C9H12.C3H6.2CHNO/c1-8(2)9-6-4-3-5-7-9;1-3-2;2*2-1-3/h3-8H,1-2H3;3H,1H2,2H3;2*2H. The first-order chi connectivity index (χ1) is 8.55. The summed E-state index contributed by atoms with van der Waals surface area (Å²) in [6.45, 7) is 9.66. The van der Waals surface area contributed by atoms with E-state index in [1.165, 1.54) is 5.56 Å². The normalized spacial score (nSPS) is 6.67. The Morgan fingerprint density at radius 2 is 1.39 bits per heavy atom. The van der Waals surface area contributed by atoms with Crippen molar-refractivity contribution in [2.75, 3.05) is 0 Å². The largest absolute Gasteiger partial charge is 0.231 e. The van der Waals surface area contributed by atoms with E-state index in [-0.39, 0.29) is 0 Å². The van der Waals surface area contributed by atoms with E-state index in [0.717, 1.165) is 12.2 Å². The summed E-state index contributed by atoms with van der Waals surface area (Å²) in [6.07, 6.45) is 3.25. The fourth-order valence-corrected chi connectivity index (χ4v) is 0.838. The molecule has 0 bridgehead atoms. The molecule has 1 aromatic carbocycles. The average molecular weight is 248 g/mol. The molecule has 0 amide bonds. The second-order valence-corrected chi connectivity index (χ2v) is 3.18. The van der Waals surface area contributed by atoms with Crippen LogP contribution in [-0.4, -0.2) is 12.2 Å². The molecule has 0 saturated carbocycles. The first kappa shape index (κ1) is 21.1. The Bertz CT molecular complexity index is 335. The second kappa shape index (κ2) is 20.2. The molecule has 0 aliphatic heterocycles. The predicted molar refractivity (Wildman–Crippen MR) is 73.2 cm³/mol. The highest BCUT2D eigenvalue weighted by Gasteiger charge is 1.93. The maximum atomic E-state index is 8.35. The lowest BCUT2D eigenvalue weighted by Crippen LogP contribution is -1.83. The van der Waals surface area contributed by atoms with E-state index in [0.29, 0.717) is 5.92 Å². The molecule has 1 aromatic rings. The summed E-state index contributed by atoms with van der Waals surface area (Å²) in [5.41, 5.74) is 1.41. The van der Waals surface area contributed by atoms with Gasteiger partial charge in [-0.15, -0.1) is 6.58 Å². The number of hydrogen-bond acceptors (Lipinski definition) is 4. The van der Waals surface area contributed by atoms with Gasteiger partial charge >= 0.3 is 0 Å². The van der Waals surface area contributed by atoms with E-state index in [1.807, 2.05) is 13.0 Å². The summed E-state index contributed by atoms with van der Waals surface area (Å²) < 4.78 is 0. The van der Waals surface area contributed by atoms with Gasteiger partial charge in [-0.25, -0.2) is 20.4 Å². The minimum Gasteiger partial charge on any atom is -0.222 e. The van der Waals surface area contributed by atoms with Crippen LogP contribution in [0, 0.1) is 10.8 Å². The summed E-state index contributed by atoms with van der Waals surface area (Å²) in [4.78, 5) is 16.7. The third-order valence-electron chi connectivity index (χ3n) is 1.47. The van der Waals surface area contributed by atoms with Gasteiger partial charge in [0, 0.05) is 0 Å². The van der Waals surface area contributed by atoms with Crippen LogP contribution in [0.5, 0.6) is 0 Å². The van der Waals surface area contributed by atoms with E-state index < -0.39 is 0 Å². The number of hydrogen-bond donors (Lipinski definition) is 2. The Balaban J connectivity index is -0.000000210. The summed E-state index contributed by atoms with van der Waals surface area (Å²) in [5.74, 6) is 0.659. The molecule has 18 heavy (non-hydrogen) atoms. The Morgan fingerprint density at radius 3 is 1.56 bits per heavy atom. The zero-order chi connectivity index (χ0) is 14.8. The zero-order valence-electron chi connectivity index (χ0n) is 11.1. The van der Waals surface area contributed by atoms with Crippen LogP contribution in [0.4, 0.5) is 0 Å². The van der Waals surface area contributed by atoms with Crippen molar-refractivity contribution in [2.24, 2.45) is 0 Å². The molecule has 4 nitrogen and oxygen atoms in total. The zero-order valence-corrected chi connectivity index (χ0v) is 11.1. The molecule has 0 aromatic heterocycles. The van der Waals surface area contributed by atoms with Crippen molar-refractivity contribution in [3.05, 3.63) is 48.6 Å². The van der Waals surface area contributed by atoms with Crippen LogP contribution < -0.4 is 0 Å². The van der Waals surface area contributed by atoms with Crippen molar-refractivity contribution in [3.8, 4) is 0 Å². The van der Waals surface area contributed by atoms with Crippen LogP contribution in [0.1, 0.15) is 32.3 Å². The van der Waals surface area contributed by atoms with Gasteiger partial charge < -0.3 is 0 Å². The van der Waals surface area contributed by atoms with E-state index in [4.69, 9.17) is 20.4 Å². The fourth-order valence-electron chi connectivity index (χ4n) is 0.838. The van der Waals surface area contributed by atoms with Gasteiger partial charge in [-0.05, 0) is 18.4 Å². The maximum Gasteiger partial charge on any atom is 0.231 e. The molecule has 0 atom stereocenters. The molecule has 0 aliphatic carbocycles. The molecule has 2 N–H and O–H groups in total. The quantitative estimate of drug-likeness (QED) is 0.450. The Morgan fingerprint density at radius 1 is 1.11 bits per heavy atom. The van der Waals surface area contributed by atoms with Gasteiger partial charge in [0.1, 0.15) is 0 Å². The molecule has 0 fully saturated rings. The molecule has 0 saturated heterocycles. The third kappa shape index (κ3) is 23.5. The van der Waals surface area contributed by atoms with Crippen molar-refractivity contribution in [3.63, 3.8) is 0 Å². The van der Waals surface area contributed by atoms with E-state index in [9.17, 15) is 0 Å². The van der Waals surface area contributed by atoms with Crippen molar-refractivity contribution in [2.45, 2.75) is 26.7 Å². The van der Waals surface area contributed by atoms with Crippen LogP contribution in [0.2, 0.25) is 0 Å². The van der Waals surface area contributed by atoms with Crippen molar-refractivity contribution in [1.82, 2.24) is 0 Å². The molecule has 0 heterocycles. The molecule has 0 unspecified atom stereocenters. The molecular formula is C14H20N2O2. The van der Waals surface area contributed by atoms with Crippen LogP contribution in [0.3, 0.4) is 0 Å². The smallest absolute Gasteiger partial charge is 0.222 e. The van der Waals surface area contributed by atoms with Crippen LogP contribution in [-0.2, 0) is 9.59 Å². The SMILES string of the molecule is C=CC.CC(C)c1ccccc1.N=C=O.N=C=O. The number of rotatable bonds is 1. The summed E-state index contributed by atoms with van der Waals surface area (Å²) >= 11 is 0. The van der Waals surface area contributed by atoms with Crippen LogP contribution in [0.25, 0.3) is 0 Å². The van der Waals surface area contributed by atoms with Gasteiger partial charge in [0.2, 0.25) is 12.2 Å². The van der Waals surface area contributed by atoms with Gasteiger partial charge in [0.25, 0.3) is 0 Å². The van der Waals surface area contributed by atoms with Gasteiger partial charge in [-0.2, -0.15) is 0 Å². The highest BCUT2D eigenvalue weighted by molar-refractivity contribution is 5.26. The van der Waals surface area contributed by atoms with E-state index >= 15 is 0 Å². The van der Waals surface area contributed by atoms with E-state index in [2.05, 4.69) is 44.7 Å². The predicted octanol–water partition coefficient (Wildman–Crippen LogP) is 3.80. The van der Waals surface area contributed by atoms with Gasteiger partial charge in [0.15, 0.2) is 0 Å². The third-order valence-corrected chi connectivity index (χ3v) is 1.47. The topological polar surface area (TPSA) is 81.8 Å². The number of nitrogens with one attached hydrogen (secondary N) is 2. The molecular weight excluding hydrogens is 228 g/mol. The molecule has 0 spiro atoms. The van der Waals surface area contributed by atoms with Crippen molar-refractivity contribution >= 4 is 12.2 Å². The first-order valence-electron chi connectivity index (χ1n) is 5.25. The van der Waals surface area contributed by atoms with E-state index in [1.54, 1.807) is 6.08 Å². The number of benzene rings is 1. The monoisotopic (exact) mass is 248 g/mol. The lowest BCUT2D eigenvalue weighted by molar-refractivity contribution is 0.562. The van der Waals surface area contributed by atoms with Crippen LogP contribution >= 0.6 is 0 Å². The molecule has 0 aliphatic rings. The summed E-state index contributed by atoms with van der Waals surface area (Å²) in [7, 11) is 0. The van der Waals surface area contributed by atoms with Crippen LogP contribution in [0.15, 0.2) is 43.0 Å². The number of allylic oxidation sites excluding steroid dienone is 1. The van der Waals surface area contributed by atoms with Gasteiger partial charge in [-0.1, -0.05) is 50.3 Å². The minimum atomic E-state index is 0.659. The Hall–Kier alpha value is -2.28. The molecule has 4 heteroatoms. The molecule has 0 radical (unpaired) electrons. The number of carbonyl (C=O) groups excluding carboxylic acids is 2. The molecule has 1 rings (SSSR count). The average Bonchev–Trinajstić information content (AvgIpc) is 2.33. The Labute approximate surface area is 108 Å². The van der Waals surface area contributed by atoms with Gasteiger partial charge in [0.05, 0.1) is 0 Å². The van der Waals surface area contributed by atoms with Gasteiger partial charge in [-0.3, -0.25) is 0 Å². The highest BCUT2D eigenvalue weighted by atomic mass is 16.1. The highest BCUT2D eigenvalue weighted by Crippen LogP contribution is 2.11. The number of isocyanates is 2. The lowest BCUT2D eigenvalue weighted by Gasteiger charge is -2.01. The lowest BCUT2D eigenvalue weighted by atomic mass is 10.0. The first-order valence-corrected chi connectivity index (χ1v) is 5.25. The Kier molecular flexibility index (Phi) is 23.6. The molecule has 98 valence electrons. The minimum absolute atomic E-state index is 0.659. The van der Waals surface area contributed by atoms with Crippen molar-refractivity contribution < 1.29 is 9.59 Å².